The third-order valence-electron chi connectivity index (χ3n) is 2.95. The average Bonchev–Trinajstić information content (AvgIpc) is 2.83. The lowest BCUT2D eigenvalue weighted by atomic mass is 10.1. The van der Waals surface area contributed by atoms with Gasteiger partial charge >= 0.3 is 0 Å². The van der Waals surface area contributed by atoms with Gasteiger partial charge in [-0.1, -0.05) is 13.0 Å². The summed E-state index contributed by atoms with van der Waals surface area (Å²) in [5.41, 5.74) is 0.589. The molecular formula is C15H15F2NO. The van der Waals surface area contributed by atoms with Gasteiger partial charge in [-0.3, -0.25) is 4.79 Å². The van der Waals surface area contributed by atoms with Crippen LogP contribution in [0.4, 0.5) is 8.78 Å². The van der Waals surface area contributed by atoms with E-state index in [1.165, 1.54) is 18.2 Å². The van der Waals surface area contributed by atoms with Crippen LogP contribution in [-0.4, -0.2) is 10.4 Å². The van der Waals surface area contributed by atoms with E-state index in [4.69, 9.17) is 0 Å². The van der Waals surface area contributed by atoms with Gasteiger partial charge in [0.05, 0.1) is 6.54 Å². The van der Waals surface area contributed by atoms with Gasteiger partial charge in [-0.25, -0.2) is 8.78 Å². The van der Waals surface area contributed by atoms with Crippen molar-refractivity contribution in [2.75, 3.05) is 0 Å². The fourth-order valence-electron chi connectivity index (χ4n) is 1.94. The number of ketones is 1. The first-order valence-electron chi connectivity index (χ1n) is 6.23. The van der Waals surface area contributed by atoms with Crippen molar-refractivity contribution >= 4 is 5.78 Å². The Morgan fingerprint density at radius 1 is 1.21 bits per heavy atom. The Hall–Kier alpha value is -1.97. The molecule has 0 aliphatic heterocycles. The lowest BCUT2D eigenvalue weighted by Gasteiger charge is -2.05. The van der Waals surface area contributed by atoms with Gasteiger partial charge < -0.3 is 4.57 Å². The highest BCUT2D eigenvalue weighted by Gasteiger charge is 2.11. The van der Waals surface area contributed by atoms with Crippen molar-refractivity contribution < 1.29 is 13.6 Å². The molecule has 0 bridgehead atoms. The van der Waals surface area contributed by atoms with Crippen molar-refractivity contribution in [1.29, 1.82) is 0 Å². The molecular weight excluding hydrogens is 248 g/mol. The Bertz CT molecular complexity index is 569. The van der Waals surface area contributed by atoms with Crippen LogP contribution in [0.2, 0.25) is 0 Å². The molecule has 0 radical (unpaired) electrons. The van der Waals surface area contributed by atoms with Crippen LogP contribution in [0.1, 0.15) is 35.7 Å². The molecule has 2 aromatic rings. The number of rotatable bonds is 5. The largest absolute Gasteiger partial charge is 0.349 e. The maximum Gasteiger partial charge on any atom is 0.164 e. The third-order valence-corrected chi connectivity index (χ3v) is 2.95. The van der Waals surface area contributed by atoms with Crippen LogP contribution >= 0.6 is 0 Å². The van der Waals surface area contributed by atoms with E-state index >= 15 is 0 Å². The number of hydrogen-bond acceptors (Lipinski definition) is 1. The molecule has 4 heteroatoms. The van der Waals surface area contributed by atoms with E-state index < -0.39 is 11.6 Å². The Morgan fingerprint density at radius 2 is 1.89 bits per heavy atom. The molecule has 100 valence electrons. The minimum atomic E-state index is -0.574. The highest BCUT2D eigenvalue weighted by molar-refractivity contribution is 5.95. The van der Waals surface area contributed by atoms with E-state index in [0.717, 1.165) is 6.42 Å². The SMILES string of the molecule is CCCC(=O)c1ccn(Cc2c(F)cccc2F)c1. The summed E-state index contributed by atoms with van der Waals surface area (Å²) in [5.74, 6) is -1.10. The van der Waals surface area contributed by atoms with Gasteiger partial charge in [0, 0.05) is 29.9 Å². The second-order valence-corrected chi connectivity index (χ2v) is 4.45. The highest BCUT2D eigenvalue weighted by atomic mass is 19.1. The fourth-order valence-corrected chi connectivity index (χ4v) is 1.94. The molecule has 2 nitrogen and oxygen atoms in total. The average molecular weight is 263 g/mol. The normalized spacial score (nSPS) is 10.7. The topological polar surface area (TPSA) is 22.0 Å². The van der Waals surface area contributed by atoms with Gasteiger partial charge in [-0.2, -0.15) is 0 Å². The number of carbonyl (C=O) groups excluding carboxylic acids is 1. The number of benzene rings is 1. The Labute approximate surface area is 110 Å². The minimum Gasteiger partial charge on any atom is -0.349 e. The molecule has 0 aliphatic carbocycles. The molecule has 0 amide bonds. The predicted octanol–water partition coefficient (Wildman–Crippen LogP) is 3.80. The molecule has 0 unspecified atom stereocenters. The Kier molecular flexibility index (Phi) is 4.10. The first-order valence-corrected chi connectivity index (χ1v) is 6.23. The molecule has 0 spiro atoms. The maximum absolute atomic E-state index is 13.5. The van der Waals surface area contributed by atoms with E-state index in [0.29, 0.717) is 12.0 Å². The minimum absolute atomic E-state index is 0.00703. The van der Waals surface area contributed by atoms with Crippen LogP contribution in [0.3, 0.4) is 0 Å². The number of aromatic nitrogens is 1. The molecule has 0 saturated carbocycles. The zero-order valence-electron chi connectivity index (χ0n) is 10.7. The summed E-state index contributed by atoms with van der Waals surface area (Å²) in [6.07, 6.45) is 4.56. The molecule has 19 heavy (non-hydrogen) atoms. The maximum atomic E-state index is 13.5. The number of carbonyl (C=O) groups is 1. The van der Waals surface area contributed by atoms with Gasteiger partial charge in [0.15, 0.2) is 5.78 Å². The lowest BCUT2D eigenvalue weighted by Crippen LogP contribution is -2.03. The molecule has 1 heterocycles. The Morgan fingerprint density at radius 3 is 2.53 bits per heavy atom. The molecule has 0 N–H and O–H groups in total. The van der Waals surface area contributed by atoms with Gasteiger partial charge in [0.2, 0.25) is 0 Å². The summed E-state index contributed by atoms with van der Waals surface area (Å²) in [6.45, 7) is 2.02. The van der Waals surface area contributed by atoms with Gasteiger partial charge in [-0.15, -0.1) is 0 Å². The van der Waals surface area contributed by atoms with E-state index in [-0.39, 0.29) is 17.9 Å². The number of Topliss-reactive ketones (excluding diaryl/α,β-unsaturated/α-hetero) is 1. The molecule has 0 fully saturated rings. The summed E-state index contributed by atoms with van der Waals surface area (Å²) in [4.78, 5) is 11.7. The van der Waals surface area contributed by atoms with Crippen molar-refractivity contribution in [3.05, 3.63) is 59.4 Å². The third kappa shape index (κ3) is 3.08. The van der Waals surface area contributed by atoms with Crippen molar-refractivity contribution in [2.24, 2.45) is 0 Å². The summed E-state index contributed by atoms with van der Waals surface area (Å²) in [7, 11) is 0. The molecule has 2 rings (SSSR count). The smallest absolute Gasteiger partial charge is 0.164 e. The molecule has 0 atom stereocenters. The first kappa shape index (κ1) is 13.5. The van der Waals surface area contributed by atoms with Crippen LogP contribution in [0, 0.1) is 11.6 Å². The highest BCUT2D eigenvalue weighted by Crippen LogP contribution is 2.15. The van der Waals surface area contributed by atoms with Crippen LogP contribution in [0.5, 0.6) is 0 Å². The Balaban J connectivity index is 2.18. The number of hydrogen-bond donors (Lipinski definition) is 0. The summed E-state index contributed by atoms with van der Waals surface area (Å²) < 4.78 is 28.6. The fraction of sp³-hybridized carbons (Fsp3) is 0.267. The van der Waals surface area contributed by atoms with Crippen molar-refractivity contribution in [2.45, 2.75) is 26.3 Å². The van der Waals surface area contributed by atoms with Gasteiger partial charge in [0.25, 0.3) is 0 Å². The zero-order chi connectivity index (χ0) is 13.8. The quantitative estimate of drug-likeness (QED) is 0.752. The number of halogens is 2. The molecule has 0 aliphatic rings. The number of nitrogens with zero attached hydrogens (tertiary/aromatic N) is 1. The van der Waals surface area contributed by atoms with E-state index in [1.807, 2.05) is 6.92 Å². The molecule has 1 aromatic carbocycles. The molecule has 0 saturated heterocycles. The summed E-state index contributed by atoms with van der Waals surface area (Å²) in [5, 5.41) is 0. The van der Waals surface area contributed by atoms with Crippen LogP contribution < -0.4 is 0 Å². The zero-order valence-corrected chi connectivity index (χ0v) is 10.7. The monoisotopic (exact) mass is 263 g/mol. The summed E-state index contributed by atoms with van der Waals surface area (Å²) >= 11 is 0. The van der Waals surface area contributed by atoms with Crippen molar-refractivity contribution in [1.82, 2.24) is 4.57 Å². The first-order chi connectivity index (χ1) is 9.11. The van der Waals surface area contributed by atoms with E-state index in [9.17, 15) is 13.6 Å². The molecule has 1 aromatic heterocycles. The lowest BCUT2D eigenvalue weighted by molar-refractivity contribution is 0.0981. The van der Waals surface area contributed by atoms with Gasteiger partial charge in [-0.05, 0) is 24.6 Å². The predicted molar refractivity (Wildman–Crippen MR) is 69.1 cm³/mol. The second-order valence-electron chi connectivity index (χ2n) is 4.45. The summed E-state index contributed by atoms with van der Waals surface area (Å²) in [6, 6.07) is 5.47. The van der Waals surface area contributed by atoms with Crippen LogP contribution in [-0.2, 0) is 6.54 Å². The van der Waals surface area contributed by atoms with Crippen LogP contribution in [0.15, 0.2) is 36.7 Å². The van der Waals surface area contributed by atoms with E-state index in [2.05, 4.69) is 0 Å². The van der Waals surface area contributed by atoms with Crippen molar-refractivity contribution in [3.63, 3.8) is 0 Å². The van der Waals surface area contributed by atoms with Crippen molar-refractivity contribution in [3.8, 4) is 0 Å². The van der Waals surface area contributed by atoms with E-state index in [1.54, 1.807) is 23.0 Å². The standard InChI is InChI=1S/C15H15F2NO/c1-2-4-15(19)11-7-8-18(9-11)10-12-13(16)5-3-6-14(12)17/h3,5-9H,2,4,10H2,1H3. The van der Waals surface area contributed by atoms with Gasteiger partial charge in [0.1, 0.15) is 11.6 Å². The second kappa shape index (κ2) is 5.78. The van der Waals surface area contributed by atoms with Crippen LogP contribution in [0.25, 0.3) is 0 Å².